The van der Waals surface area contributed by atoms with Crippen molar-refractivity contribution in [2.24, 2.45) is 10.9 Å². The minimum absolute atomic E-state index is 0.0440. The second-order valence-electron chi connectivity index (χ2n) is 6.41. The number of nitrogens with one attached hydrogen (secondary N) is 2. The van der Waals surface area contributed by atoms with Crippen molar-refractivity contribution in [3.63, 3.8) is 0 Å². The molecule has 1 aromatic heterocycles. The highest BCUT2D eigenvalue weighted by Gasteiger charge is 2.28. The van der Waals surface area contributed by atoms with Crippen LogP contribution in [0.3, 0.4) is 0 Å². The molecule has 2 unspecified atom stereocenters. The van der Waals surface area contributed by atoms with Gasteiger partial charge in [-0.3, -0.25) is 9.67 Å². The smallest absolute Gasteiger partial charge is 0.191 e. The predicted octanol–water partition coefficient (Wildman–Crippen LogP) is 0.488. The molecule has 2 atom stereocenters. The second kappa shape index (κ2) is 7.33. The van der Waals surface area contributed by atoms with Crippen LogP contribution in [0.25, 0.3) is 0 Å². The molecule has 1 aliphatic rings. The molecule has 7 nitrogen and oxygen atoms in total. The molecule has 1 fully saturated rings. The number of aromatic nitrogens is 2. The van der Waals surface area contributed by atoms with Gasteiger partial charge in [-0.15, -0.1) is 0 Å². The lowest BCUT2D eigenvalue weighted by molar-refractivity contribution is 0.435. The lowest BCUT2D eigenvalue weighted by Gasteiger charge is -2.19. The summed E-state index contributed by atoms with van der Waals surface area (Å²) < 4.78 is 25.0. The second-order valence-corrected chi connectivity index (χ2v) is 8.64. The number of hydrogen-bond donors (Lipinski definition) is 2. The summed E-state index contributed by atoms with van der Waals surface area (Å²) in [5.74, 6) is 1.48. The predicted molar refractivity (Wildman–Crippen MR) is 92.4 cm³/mol. The quantitative estimate of drug-likeness (QED) is 0.601. The highest BCUT2D eigenvalue weighted by Crippen LogP contribution is 2.11. The first-order chi connectivity index (χ1) is 10.8. The van der Waals surface area contributed by atoms with Gasteiger partial charge in [-0.2, -0.15) is 5.10 Å². The van der Waals surface area contributed by atoms with Crippen LogP contribution in [0.2, 0.25) is 0 Å². The van der Waals surface area contributed by atoms with Crippen LogP contribution in [0.1, 0.15) is 24.7 Å². The van der Waals surface area contributed by atoms with Gasteiger partial charge < -0.3 is 10.6 Å². The minimum atomic E-state index is -2.88. The van der Waals surface area contributed by atoms with Gasteiger partial charge in [-0.25, -0.2) is 8.42 Å². The van der Waals surface area contributed by atoms with Crippen molar-refractivity contribution in [2.45, 2.75) is 39.8 Å². The molecule has 2 rings (SSSR count). The maximum atomic E-state index is 11.5. The Kier molecular flexibility index (Phi) is 5.67. The van der Waals surface area contributed by atoms with E-state index in [-0.39, 0.29) is 17.5 Å². The van der Waals surface area contributed by atoms with E-state index in [4.69, 9.17) is 0 Å². The summed E-state index contributed by atoms with van der Waals surface area (Å²) in [6, 6.07) is 2.03. The molecule has 8 heteroatoms. The number of hydrogen-bond acceptors (Lipinski definition) is 4. The van der Waals surface area contributed by atoms with E-state index in [1.54, 1.807) is 7.05 Å². The van der Waals surface area contributed by atoms with Crippen molar-refractivity contribution in [3.05, 3.63) is 17.5 Å². The normalized spacial score (nSPS) is 22.1. The zero-order chi connectivity index (χ0) is 17.0. The van der Waals surface area contributed by atoms with Gasteiger partial charge in [0, 0.05) is 31.9 Å². The number of sulfone groups is 1. The van der Waals surface area contributed by atoms with E-state index in [0.717, 1.165) is 24.5 Å². The number of rotatable bonds is 5. The summed E-state index contributed by atoms with van der Waals surface area (Å²) in [7, 11) is -1.18. The number of nitrogens with zero attached hydrogens (tertiary/aromatic N) is 3. The first kappa shape index (κ1) is 17.8. The minimum Gasteiger partial charge on any atom is -0.356 e. The van der Waals surface area contributed by atoms with Crippen LogP contribution in [-0.2, 0) is 16.4 Å². The Morgan fingerprint density at radius 2 is 2.26 bits per heavy atom. The van der Waals surface area contributed by atoms with Crippen molar-refractivity contribution >= 4 is 15.8 Å². The van der Waals surface area contributed by atoms with Gasteiger partial charge in [-0.1, -0.05) is 6.92 Å². The molecule has 0 bridgehead atoms. The lowest BCUT2D eigenvalue weighted by Crippen LogP contribution is -2.45. The number of guanidine groups is 1. The van der Waals surface area contributed by atoms with Crippen LogP contribution in [0.15, 0.2) is 11.1 Å². The van der Waals surface area contributed by atoms with Gasteiger partial charge in [0.2, 0.25) is 0 Å². The highest BCUT2D eigenvalue weighted by atomic mass is 32.2. The molecule has 1 saturated heterocycles. The van der Waals surface area contributed by atoms with Gasteiger partial charge in [0.15, 0.2) is 15.8 Å². The van der Waals surface area contributed by atoms with Crippen LogP contribution in [0.5, 0.6) is 0 Å². The average molecular weight is 341 g/mol. The molecule has 0 aromatic carbocycles. The van der Waals surface area contributed by atoms with Gasteiger partial charge in [0.1, 0.15) is 0 Å². The summed E-state index contributed by atoms with van der Waals surface area (Å²) in [6.45, 7) is 7.78. The molecule has 1 aliphatic heterocycles. The zero-order valence-electron chi connectivity index (χ0n) is 14.3. The van der Waals surface area contributed by atoms with E-state index in [9.17, 15) is 8.42 Å². The molecular weight excluding hydrogens is 314 g/mol. The van der Waals surface area contributed by atoms with Gasteiger partial charge in [0.05, 0.1) is 17.2 Å². The zero-order valence-corrected chi connectivity index (χ0v) is 15.2. The van der Waals surface area contributed by atoms with Crippen LogP contribution in [0, 0.1) is 19.8 Å². The Morgan fingerprint density at radius 3 is 2.78 bits per heavy atom. The highest BCUT2D eigenvalue weighted by molar-refractivity contribution is 7.91. The van der Waals surface area contributed by atoms with E-state index in [1.807, 2.05) is 11.6 Å². The third kappa shape index (κ3) is 5.23. The topological polar surface area (TPSA) is 88.4 Å². The van der Waals surface area contributed by atoms with Gasteiger partial charge in [-0.05, 0) is 32.3 Å². The third-order valence-electron chi connectivity index (χ3n) is 4.00. The Balaban J connectivity index is 1.80. The van der Waals surface area contributed by atoms with Crippen LogP contribution >= 0.6 is 0 Å². The van der Waals surface area contributed by atoms with E-state index in [1.165, 1.54) is 0 Å². The Labute approximate surface area is 138 Å². The third-order valence-corrected chi connectivity index (χ3v) is 5.77. The van der Waals surface area contributed by atoms with Crippen LogP contribution in [-0.4, -0.2) is 55.3 Å². The Bertz CT molecular complexity index is 665. The van der Waals surface area contributed by atoms with E-state index in [0.29, 0.717) is 18.3 Å². The summed E-state index contributed by atoms with van der Waals surface area (Å²) in [5.41, 5.74) is 2.19. The fourth-order valence-electron chi connectivity index (χ4n) is 2.79. The SMILES string of the molecule is CN=C(NCC(C)Cn1nc(C)cc1C)NC1CCS(=O)(=O)C1. The molecule has 0 amide bonds. The molecule has 2 N–H and O–H groups in total. The van der Waals surface area contributed by atoms with Crippen molar-refractivity contribution in [3.8, 4) is 0 Å². The van der Waals surface area contributed by atoms with Crippen molar-refractivity contribution in [2.75, 3.05) is 25.1 Å². The standard InChI is InChI=1S/C15H27N5O2S/c1-11(9-20-13(3)7-12(2)19-20)8-17-15(16-4)18-14-5-6-23(21,22)10-14/h7,11,14H,5-6,8-10H2,1-4H3,(H2,16,17,18). The number of aliphatic imine (C=N–C) groups is 1. The first-order valence-corrected chi connectivity index (χ1v) is 9.80. The monoisotopic (exact) mass is 341 g/mol. The first-order valence-electron chi connectivity index (χ1n) is 7.97. The molecule has 23 heavy (non-hydrogen) atoms. The summed E-state index contributed by atoms with van der Waals surface area (Å²) in [5, 5.41) is 10.9. The lowest BCUT2D eigenvalue weighted by atomic mass is 10.2. The van der Waals surface area contributed by atoms with E-state index < -0.39 is 9.84 Å². The van der Waals surface area contributed by atoms with E-state index >= 15 is 0 Å². The summed E-state index contributed by atoms with van der Waals surface area (Å²) in [6.07, 6.45) is 0.643. The fourth-order valence-corrected chi connectivity index (χ4v) is 4.46. The molecule has 0 aliphatic carbocycles. The largest absolute Gasteiger partial charge is 0.356 e. The maximum Gasteiger partial charge on any atom is 0.191 e. The van der Waals surface area contributed by atoms with Crippen LogP contribution in [0.4, 0.5) is 0 Å². The fraction of sp³-hybridized carbons (Fsp3) is 0.733. The van der Waals surface area contributed by atoms with Crippen molar-refractivity contribution < 1.29 is 8.42 Å². The van der Waals surface area contributed by atoms with Gasteiger partial charge >= 0.3 is 0 Å². The van der Waals surface area contributed by atoms with E-state index in [2.05, 4.69) is 40.6 Å². The summed E-state index contributed by atoms with van der Waals surface area (Å²) >= 11 is 0. The molecule has 0 saturated carbocycles. The maximum absolute atomic E-state index is 11.5. The molecular formula is C15H27N5O2S. The summed E-state index contributed by atoms with van der Waals surface area (Å²) in [4.78, 5) is 4.18. The molecule has 130 valence electrons. The van der Waals surface area contributed by atoms with Crippen LogP contribution < -0.4 is 10.6 Å². The number of aryl methyl sites for hydroxylation is 2. The molecule has 1 aromatic rings. The van der Waals surface area contributed by atoms with Crippen molar-refractivity contribution in [1.29, 1.82) is 0 Å². The Morgan fingerprint density at radius 1 is 1.52 bits per heavy atom. The molecule has 0 radical (unpaired) electrons. The molecule has 0 spiro atoms. The van der Waals surface area contributed by atoms with Crippen molar-refractivity contribution in [1.82, 2.24) is 20.4 Å². The molecule has 2 heterocycles. The Hall–Kier alpha value is -1.57. The average Bonchev–Trinajstić information content (AvgIpc) is 2.96. The van der Waals surface area contributed by atoms with Gasteiger partial charge in [0.25, 0.3) is 0 Å².